The summed E-state index contributed by atoms with van der Waals surface area (Å²) in [5.41, 5.74) is 0. The number of rotatable bonds is 5. The smallest absolute Gasteiger partial charge is 0.179 e. The quantitative estimate of drug-likeness (QED) is 0.776. The number of ether oxygens (including phenoxy) is 1. The summed E-state index contributed by atoms with van der Waals surface area (Å²) in [6, 6.07) is 6.54. The maximum absolute atomic E-state index is 12.8. The summed E-state index contributed by atoms with van der Waals surface area (Å²) in [5.74, 6) is 1.83. The number of piperidine rings is 1. The maximum atomic E-state index is 12.8. The van der Waals surface area contributed by atoms with E-state index in [0.717, 1.165) is 12.8 Å². The van der Waals surface area contributed by atoms with Crippen molar-refractivity contribution in [3.63, 3.8) is 0 Å². The molecule has 1 aromatic carbocycles. The van der Waals surface area contributed by atoms with E-state index in [1.165, 1.54) is 7.11 Å². The van der Waals surface area contributed by atoms with Gasteiger partial charge in [-0.1, -0.05) is 6.07 Å². The molecule has 3 aliphatic carbocycles. The van der Waals surface area contributed by atoms with Gasteiger partial charge >= 0.3 is 0 Å². The number of nitrogens with zero attached hydrogens (tertiary/aromatic N) is 1. The first-order valence-corrected chi connectivity index (χ1v) is 11.1. The van der Waals surface area contributed by atoms with Crippen LogP contribution in [0.25, 0.3) is 0 Å². The van der Waals surface area contributed by atoms with Crippen molar-refractivity contribution in [2.75, 3.05) is 19.4 Å². The minimum Gasteiger partial charge on any atom is -0.497 e. The molecule has 0 amide bonds. The zero-order valence-corrected chi connectivity index (χ0v) is 15.5. The van der Waals surface area contributed by atoms with Crippen molar-refractivity contribution in [2.45, 2.75) is 42.0 Å². The van der Waals surface area contributed by atoms with Crippen LogP contribution in [0.1, 0.15) is 12.8 Å². The first-order chi connectivity index (χ1) is 12.4. The van der Waals surface area contributed by atoms with Crippen LogP contribution in [0, 0.1) is 23.7 Å². The maximum Gasteiger partial charge on any atom is 0.179 e. The molecule has 7 heteroatoms. The van der Waals surface area contributed by atoms with Gasteiger partial charge in [0.1, 0.15) is 5.75 Å². The Morgan fingerprint density at radius 2 is 1.96 bits per heavy atom. The molecule has 4 fully saturated rings. The van der Waals surface area contributed by atoms with Gasteiger partial charge in [0.05, 0.1) is 30.0 Å². The van der Waals surface area contributed by atoms with Crippen molar-refractivity contribution < 1.29 is 23.4 Å². The number of fused-ring (bicyclic) bond motifs is 3. The molecular weight excluding hydrogens is 354 g/mol. The molecule has 4 bridgehead atoms. The average Bonchev–Trinajstić information content (AvgIpc) is 3.21. The number of aliphatic hydroxyl groups is 2. The van der Waals surface area contributed by atoms with Gasteiger partial charge in [0, 0.05) is 18.6 Å². The molecule has 1 heterocycles. The van der Waals surface area contributed by atoms with Gasteiger partial charge in [-0.2, -0.15) is 0 Å². The second kappa shape index (κ2) is 5.67. The fraction of sp³-hybridized carbons (Fsp3) is 0.684. The Hall–Kier alpha value is -1.15. The summed E-state index contributed by atoms with van der Waals surface area (Å²) in [5, 5.41) is 21.4. The van der Waals surface area contributed by atoms with Crippen LogP contribution in [-0.4, -0.2) is 67.2 Å². The Balaban J connectivity index is 1.38. The summed E-state index contributed by atoms with van der Waals surface area (Å²) in [6.07, 6.45) is 1.11. The van der Waals surface area contributed by atoms with Crippen LogP contribution in [0.2, 0.25) is 0 Å². The molecule has 8 atom stereocenters. The van der Waals surface area contributed by atoms with Gasteiger partial charge in [-0.15, -0.1) is 0 Å². The molecule has 26 heavy (non-hydrogen) atoms. The first kappa shape index (κ1) is 17.0. The predicted molar refractivity (Wildman–Crippen MR) is 94.5 cm³/mol. The monoisotopic (exact) mass is 379 g/mol. The molecule has 1 aliphatic heterocycles. The Labute approximate surface area is 153 Å². The highest BCUT2D eigenvalue weighted by atomic mass is 32.2. The van der Waals surface area contributed by atoms with E-state index in [2.05, 4.69) is 4.90 Å². The molecule has 4 aliphatic rings. The van der Waals surface area contributed by atoms with Crippen molar-refractivity contribution in [3.05, 3.63) is 24.3 Å². The van der Waals surface area contributed by atoms with Crippen LogP contribution in [0.15, 0.2) is 29.2 Å². The third-order valence-electron chi connectivity index (χ3n) is 7.44. The average molecular weight is 379 g/mol. The van der Waals surface area contributed by atoms with Crippen LogP contribution in [0.3, 0.4) is 0 Å². The van der Waals surface area contributed by atoms with E-state index in [1.54, 1.807) is 24.3 Å². The molecule has 6 nitrogen and oxygen atoms in total. The molecule has 0 spiro atoms. The van der Waals surface area contributed by atoms with Gasteiger partial charge < -0.3 is 14.9 Å². The van der Waals surface area contributed by atoms with Crippen molar-refractivity contribution in [3.8, 4) is 5.75 Å². The Bertz CT molecular complexity index is 827. The Morgan fingerprint density at radius 1 is 1.15 bits per heavy atom. The third-order valence-corrected chi connectivity index (χ3v) is 9.13. The second-order valence-corrected chi connectivity index (χ2v) is 10.4. The van der Waals surface area contributed by atoms with Crippen molar-refractivity contribution in [2.24, 2.45) is 23.7 Å². The van der Waals surface area contributed by atoms with Crippen LogP contribution in [0.4, 0.5) is 0 Å². The molecule has 3 saturated carbocycles. The topological polar surface area (TPSA) is 87.1 Å². The number of hydrogen-bond acceptors (Lipinski definition) is 6. The minimum absolute atomic E-state index is 0.00768. The van der Waals surface area contributed by atoms with Crippen LogP contribution in [0.5, 0.6) is 5.75 Å². The van der Waals surface area contributed by atoms with Crippen molar-refractivity contribution in [1.82, 2.24) is 4.90 Å². The van der Waals surface area contributed by atoms with E-state index in [0.29, 0.717) is 30.0 Å². The molecule has 0 aromatic heterocycles. The molecule has 0 radical (unpaired) electrons. The highest BCUT2D eigenvalue weighted by Crippen LogP contribution is 2.64. The number of methoxy groups -OCH3 is 1. The molecule has 142 valence electrons. The minimum atomic E-state index is -3.45. The van der Waals surface area contributed by atoms with E-state index < -0.39 is 9.84 Å². The van der Waals surface area contributed by atoms with Crippen molar-refractivity contribution >= 4 is 9.84 Å². The van der Waals surface area contributed by atoms with Gasteiger partial charge in [0.2, 0.25) is 0 Å². The normalized spacial score (nSPS) is 43.3. The van der Waals surface area contributed by atoms with Gasteiger partial charge in [-0.25, -0.2) is 8.42 Å². The van der Waals surface area contributed by atoms with E-state index in [-0.39, 0.29) is 40.9 Å². The number of hydrogen-bond donors (Lipinski definition) is 2. The van der Waals surface area contributed by atoms with Gasteiger partial charge in [0.15, 0.2) is 9.84 Å². The first-order valence-electron chi connectivity index (χ1n) is 9.41. The lowest BCUT2D eigenvalue weighted by Crippen LogP contribution is -2.61. The zero-order valence-electron chi connectivity index (χ0n) is 14.7. The summed E-state index contributed by atoms with van der Waals surface area (Å²) in [6.45, 7) is 0.353. The molecule has 1 aromatic rings. The zero-order chi connectivity index (χ0) is 18.2. The van der Waals surface area contributed by atoms with E-state index in [9.17, 15) is 18.6 Å². The van der Waals surface area contributed by atoms with Crippen LogP contribution < -0.4 is 4.74 Å². The number of aliphatic hydroxyl groups excluding tert-OH is 2. The summed E-state index contributed by atoms with van der Waals surface area (Å²) >= 11 is 0. The van der Waals surface area contributed by atoms with Crippen LogP contribution >= 0.6 is 0 Å². The molecule has 2 N–H and O–H groups in total. The fourth-order valence-corrected chi connectivity index (χ4v) is 7.74. The Kier molecular flexibility index (Phi) is 3.71. The fourth-order valence-electron chi connectivity index (χ4n) is 6.48. The molecule has 5 rings (SSSR count). The number of sulfone groups is 1. The van der Waals surface area contributed by atoms with E-state index in [1.807, 2.05) is 0 Å². The molecular formula is C19H25NO5S. The van der Waals surface area contributed by atoms with Crippen molar-refractivity contribution in [1.29, 1.82) is 0 Å². The summed E-state index contributed by atoms with van der Waals surface area (Å²) < 4.78 is 30.7. The van der Waals surface area contributed by atoms with Gasteiger partial charge in [-0.05, 0) is 54.7 Å². The van der Waals surface area contributed by atoms with Gasteiger partial charge in [0.25, 0.3) is 0 Å². The standard InChI is InChI=1S/C19H25NO5S/c1-25-10-3-2-4-11(7-10)26(23,24)6-5-20-15-9-12-13-8-14(16(12)19(15)22)17(20)18(13)21/h2-4,7,12-19,21-22H,5-6,8-9H2,1H3/t12-,13-,14+,15+,16+,17+,18+,19-/m1/s1. The lowest BCUT2D eigenvalue weighted by atomic mass is 9.75. The van der Waals surface area contributed by atoms with E-state index >= 15 is 0 Å². The lowest BCUT2D eigenvalue weighted by Gasteiger charge is -2.48. The van der Waals surface area contributed by atoms with E-state index in [4.69, 9.17) is 4.74 Å². The highest BCUT2D eigenvalue weighted by Gasteiger charge is 2.69. The summed E-state index contributed by atoms with van der Waals surface area (Å²) in [7, 11) is -1.94. The van der Waals surface area contributed by atoms with Crippen LogP contribution in [-0.2, 0) is 9.84 Å². The number of likely N-dealkylation sites (tertiary alicyclic amines) is 1. The third kappa shape index (κ3) is 2.17. The molecule has 0 unspecified atom stereocenters. The summed E-state index contributed by atoms with van der Waals surface area (Å²) in [4.78, 5) is 2.37. The predicted octanol–water partition coefficient (Wildman–Crippen LogP) is 0.529. The Morgan fingerprint density at radius 3 is 2.73 bits per heavy atom. The largest absolute Gasteiger partial charge is 0.497 e. The molecule has 1 saturated heterocycles. The van der Waals surface area contributed by atoms with Gasteiger partial charge in [-0.3, -0.25) is 4.90 Å². The highest BCUT2D eigenvalue weighted by molar-refractivity contribution is 7.91. The lowest BCUT2D eigenvalue weighted by molar-refractivity contribution is -0.0960. The SMILES string of the molecule is COc1cccc(S(=O)(=O)CCN2[C@@H]3[C@@H](O)[C@@H]4C[C@H]3[C@H]3[C@H](O)[C@@H]2C[C@H]43)c1. The number of benzene rings is 1. The second-order valence-electron chi connectivity index (χ2n) is 8.32.